The number of esters is 2. The van der Waals surface area contributed by atoms with Crippen molar-refractivity contribution in [2.24, 2.45) is 0 Å². The van der Waals surface area contributed by atoms with Gasteiger partial charge in [-0.3, -0.25) is 4.57 Å². The van der Waals surface area contributed by atoms with Gasteiger partial charge in [-0.25, -0.2) is 9.59 Å². The van der Waals surface area contributed by atoms with Gasteiger partial charge in [0, 0.05) is 16.5 Å². The quantitative estimate of drug-likeness (QED) is 0.498. The number of para-hydroxylation sites is 1. The van der Waals surface area contributed by atoms with E-state index in [4.69, 9.17) is 9.47 Å². The molecule has 4 rings (SSSR count). The van der Waals surface area contributed by atoms with Gasteiger partial charge in [-0.05, 0) is 24.3 Å². The van der Waals surface area contributed by atoms with E-state index in [1.807, 2.05) is 42.5 Å². The summed E-state index contributed by atoms with van der Waals surface area (Å²) in [5, 5.41) is 1.85. The lowest BCUT2D eigenvalue weighted by Gasteiger charge is -2.04. The molecule has 0 aliphatic rings. The topological polar surface area (TPSA) is 57.5 Å². The predicted molar refractivity (Wildman–Crippen MR) is 99.2 cm³/mol. The summed E-state index contributed by atoms with van der Waals surface area (Å²) in [7, 11) is 2.74. The summed E-state index contributed by atoms with van der Waals surface area (Å²) in [4.78, 5) is 26.8. The van der Waals surface area contributed by atoms with Crippen molar-refractivity contribution in [1.82, 2.24) is 4.57 Å². The highest BCUT2D eigenvalue weighted by atomic mass is 32.1. The van der Waals surface area contributed by atoms with Gasteiger partial charge in [-0.15, -0.1) is 22.7 Å². The van der Waals surface area contributed by atoms with E-state index in [-0.39, 0.29) is 11.9 Å². The summed E-state index contributed by atoms with van der Waals surface area (Å²) in [6, 6.07) is 13.5. The van der Waals surface area contributed by atoms with Gasteiger partial charge in [0.25, 0.3) is 0 Å². The van der Waals surface area contributed by atoms with Crippen LogP contribution in [0.15, 0.2) is 42.5 Å². The third kappa shape index (κ3) is 2.43. The molecule has 25 heavy (non-hydrogen) atoms. The zero-order valence-electron chi connectivity index (χ0n) is 13.4. The van der Waals surface area contributed by atoms with Crippen LogP contribution in [0.5, 0.6) is 0 Å². The fourth-order valence-electron chi connectivity index (χ4n) is 2.79. The summed E-state index contributed by atoms with van der Waals surface area (Å²) in [6.07, 6.45) is 0. The molecule has 0 saturated carbocycles. The predicted octanol–water partition coefficient (Wildman–Crippen LogP) is 4.48. The Balaban J connectivity index is 2.06. The molecule has 4 aromatic rings. The lowest BCUT2D eigenvalue weighted by Crippen LogP contribution is -1.97. The van der Waals surface area contributed by atoms with Gasteiger partial charge >= 0.3 is 11.9 Å². The van der Waals surface area contributed by atoms with Crippen LogP contribution in [0, 0.1) is 0 Å². The van der Waals surface area contributed by atoms with Gasteiger partial charge in [-0.1, -0.05) is 18.2 Å². The molecule has 126 valence electrons. The van der Waals surface area contributed by atoms with Crippen LogP contribution in [0.3, 0.4) is 0 Å². The first kappa shape index (κ1) is 15.9. The zero-order valence-corrected chi connectivity index (χ0v) is 15.1. The number of hydrogen-bond acceptors (Lipinski definition) is 6. The molecule has 5 nitrogen and oxygen atoms in total. The second-order valence-corrected chi connectivity index (χ2v) is 7.37. The Morgan fingerprint density at radius 3 is 1.76 bits per heavy atom. The number of carbonyl (C=O) groups is 2. The molecule has 0 amide bonds. The highest BCUT2D eigenvalue weighted by molar-refractivity contribution is 7.23. The standard InChI is InChI=1S/C18H13NO4S2/c1-22-17(20)13-8-11-12-9-14(18(21)23-2)25-16(12)19(15(11)24-13)10-6-4-3-5-7-10/h3-9H,1-2H3. The van der Waals surface area contributed by atoms with Gasteiger partial charge in [0.2, 0.25) is 0 Å². The van der Waals surface area contributed by atoms with Crippen LogP contribution in [0.1, 0.15) is 19.3 Å². The van der Waals surface area contributed by atoms with Crippen LogP contribution in [-0.2, 0) is 9.47 Å². The highest BCUT2D eigenvalue weighted by Gasteiger charge is 2.22. The fraction of sp³-hybridized carbons (Fsp3) is 0.111. The third-order valence-electron chi connectivity index (χ3n) is 3.91. The SMILES string of the molecule is COC(=O)c1cc2c3cc(C(=O)OC)sc3n(-c3ccccc3)c2s1. The van der Waals surface area contributed by atoms with Gasteiger partial charge in [0.1, 0.15) is 19.4 Å². The van der Waals surface area contributed by atoms with Crippen molar-refractivity contribution in [2.75, 3.05) is 14.2 Å². The van der Waals surface area contributed by atoms with Crippen LogP contribution >= 0.6 is 22.7 Å². The number of hydrogen-bond donors (Lipinski definition) is 0. The van der Waals surface area contributed by atoms with Crippen LogP contribution in [0.25, 0.3) is 26.1 Å². The molecule has 0 bridgehead atoms. The maximum absolute atomic E-state index is 11.9. The minimum atomic E-state index is -0.364. The van der Waals surface area contributed by atoms with Crippen molar-refractivity contribution in [1.29, 1.82) is 0 Å². The monoisotopic (exact) mass is 371 g/mol. The van der Waals surface area contributed by atoms with Crippen LogP contribution in [-0.4, -0.2) is 30.7 Å². The summed E-state index contributed by atoms with van der Waals surface area (Å²) in [6.45, 7) is 0. The molecule has 0 spiro atoms. The molecular formula is C18H13NO4S2. The van der Waals surface area contributed by atoms with Crippen molar-refractivity contribution in [2.45, 2.75) is 0 Å². The number of methoxy groups -OCH3 is 2. The summed E-state index contributed by atoms with van der Waals surface area (Å²) in [5.74, 6) is -0.727. The summed E-state index contributed by atoms with van der Waals surface area (Å²) >= 11 is 2.76. The first-order chi connectivity index (χ1) is 12.1. The Hall–Kier alpha value is -2.64. The molecule has 0 atom stereocenters. The van der Waals surface area contributed by atoms with E-state index >= 15 is 0 Å². The number of benzene rings is 1. The molecule has 3 heterocycles. The molecular weight excluding hydrogens is 358 g/mol. The molecule has 3 aromatic heterocycles. The maximum atomic E-state index is 11.9. The van der Waals surface area contributed by atoms with E-state index in [0.29, 0.717) is 9.75 Å². The lowest BCUT2D eigenvalue weighted by atomic mass is 10.2. The molecule has 7 heteroatoms. The molecule has 0 radical (unpaired) electrons. The molecule has 1 aromatic carbocycles. The van der Waals surface area contributed by atoms with Crippen molar-refractivity contribution in [3.8, 4) is 5.69 Å². The fourth-order valence-corrected chi connectivity index (χ4v) is 5.08. The second-order valence-electron chi connectivity index (χ2n) is 5.31. The third-order valence-corrected chi connectivity index (χ3v) is 6.11. The van der Waals surface area contributed by atoms with E-state index in [9.17, 15) is 9.59 Å². The normalized spacial score (nSPS) is 11.1. The van der Waals surface area contributed by atoms with Gasteiger partial charge < -0.3 is 9.47 Å². The van der Waals surface area contributed by atoms with Gasteiger partial charge in [-0.2, -0.15) is 0 Å². The second kappa shape index (κ2) is 6.02. The number of aromatic nitrogens is 1. The van der Waals surface area contributed by atoms with Crippen molar-refractivity contribution >= 4 is 55.0 Å². The van der Waals surface area contributed by atoms with E-state index < -0.39 is 0 Å². The smallest absolute Gasteiger partial charge is 0.348 e. The maximum Gasteiger partial charge on any atom is 0.348 e. The van der Waals surface area contributed by atoms with Crippen LogP contribution < -0.4 is 0 Å². The number of fused-ring (bicyclic) bond motifs is 3. The number of rotatable bonds is 3. The number of nitrogens with zero attached hydrogens (tertiary/aromatic N) is 1. The van der Waals surface area contributed by atoms with E-state index in [2.05, 4.69) is 4.57 Å². The Morgan fingerprint density at radius 1 is 0.840 bits per heavy atom. The Kier molecular flexibility index (Phi) is 3.82. The first-order valence-corrected chi connectivity index (χ1v) is 9.07. The van der Waals surface area contributed by atoms with Gasteiger partial charge in [0.05, 0.1) is 14.2 Å². The molecule has 0 saturated heterocycles. The molecule has 0 aliphatic heterocycles. The van der Waals surface area contributed by atoms with E-state index in [0.717, 1.165) is 26.1 Å². The molecule has 0 fully saturated rings. The Labute approximate surface area is 151 Å². The van der Waals surface area contributed by atoms with Crippen LogP contribution in [0.4, 0.5) is 0 Å². The van der Waals surface area contributed by atoms with Gasteiger partial charge in [0.15, 0.2) is 0 Å². The average molecular weight is 371 g/mol. The Morgan fingerprint density at radius 2 is 1.32 bits per heavy atom. The summed E-state index contributed by atoms with van der Waals surface area (Å²) < 4.78 is 11.8. The molecule has 0 unspecified atom stereocenters. The summed E-state index contributed by atoms with van der Waals surface area (Å²) in [5.41, 5.74) is 0.971. The largest absolute Gasteiger partial charge is 0.465 e. The zero-order chi connectivity index (χ0) is 17.6. The minimum Gasteiger partial charge on any atom is -0.465 e. The van der Waals surface area contributed by atoms with E-state index in [1.165, 1.54) is 36.9 Å². The number of ether oxygens (including phenoxy) is 2. The Bertz CT molecular complexity index is 1040. The minimum absolute atomic E-state index is 0.364. The lowest BCUT2D eigenvalue weighted by molar-refractivity contribution is 0.0597. The van der Waals surface area contributed by atoms with E-state index in [1.54, 1.807) is 0 Å². The average Bonchev–Trinajstić information content (AvgIpc) is 3.31. The van der Waals surface area contributed by atoms with Crippen molar-refractivity contribution in [3.63, 3.8) is 0 Å². The number of carbonyl (C=O) groups excluding carboxylic acids is 2. The number of thiophene rings is 2. The highest BCUT2D eigenvalue weighted by Crippen LogP contribution is 2.41. The first-order valence-electron chi connectivity index (χ1n) is 7.44. The van der Waals surface area contributed by atoms with Crippen molar-refractivity contribution < 1.29 is 19.1 Å². The molecule has 0 aliphatic carbocycles. The van der Waals surface area contributed by atoms with Crippen LogP contribution in [0.2, 0.25) is 0 Å². The molecule has 0 N–H and O–H groups in total. The van der Waals surface area contributed by atoms with Crippen molar-refractivity contribution in [3.05, 3.63) is 52.2 Å².